The summed E-state index contributed by atoms with van der Waals surface area (Å²) in [5, 5.41) is 10.9. The number of amides is 1. The second kappa shape index (κ2) is 8.51. The molecule has 3 rings (SSSR count). The van der Waals surface area contributed by atoms with Crippen LogP contribution in [0.5, 0.6) is 0 Å². The Morgan fingerprint density at radius 3 is 1.93 bits per heavy atom. The first-order valence-electron chi connectivity index (χ1n) is 9.17. The minimum atomic E-state index is -0.852. The molecule has 1 N–H and O–H groups in total. The molecule has 0 saturated carbocycles. The molecule has 1 aliphatic rings. The van der Waals surface area contributed by atoms with Gasteiger partial charge in [0.05, 0.1) is 6.04 Å². The molecule has 144 valence electrons. The first kappa shape index (κ1) is 20.0. The summed E-state index contributed by atoms with van der Waals surface area (Å²) in [5.74, 6) is 0. The molecule has 4 nitrogen and oxygen atoms in total. The highest BCUT2D eigenvalue weighted by Crippen LogP contribution is 2.35. The van der Waals surface area contributed by atoms with Crippen LogP contribution in [0, 0.1) is 0 Å². The summed E-state index contributed by atoms with van der Waals surface area (Å²) in [6.45, 7) is 5.24. The molecular weight excluding hydrogens is 383 g/mol. The molecule has 1 fully saturated rings. The quantitative estimate of drug-likeness (QED) is 0.723. The second-order valence-corrected chi connectivity index (χ2v) is 7.92. The van der Waals surface area contributed by atoms with Crippen molar-refractivity contribution in [2.45, 2.75) is 38.4 Å². The van der Waals surface area contributed by atoms with E-state index in [0.29, 0.717) is 23.1 Å². The van der Waals surface area contributed by atoms with Gasteiger partial charge in [-0.2, -0.15) is 0 Å². The van der Waals surface area contributed by atoms with Gasteiger partial charge < -0.3 is 10.0 Å². The standard InChI is InChI=1S/C21H24Cl2N2O2/c1-3-19-13-24(21(26)27)14(2)12-25(19)20(15-4-8-17(22)9-5-15)16-6-10-18(23)11-7-16/h4-11,14,19-20H,3,12-13H2,1-2H3,(H,26,27)/t14-,19+/m0/s1. The summed E-state index contributed by atoms with van der Waals surface area (Å²) in [4.78, 5) is 15.6. The van der Waals surface area contributed by atoms with Crippen LogP contribution < -0.4 is 0 Å². The van der Waals surface area contributed by atoms with Gasteiger partial charge in [0.15, 0.2) is 0 Å². The summed E-state index contributed by atoms with van der Waals surface area (Å²) < 4.78 is 0. The van der Waals surface area contributed by atoms with Gasteiger partial charge in [0.25, 0.3) is 0 Å². The molecule has 27 heavy (non-hydrogen) atoms. The fraction of sp³-hybridized carbons (Fsp3) is 0.381. The van der Waals surface area contributed by atoms with Crippen molar-refractivity contribution < 1.29 is 9.90 Å². The average molecular weight is 407 g/mol. The fourth-order valence-corrected chi connectivity index (χ4v) is 4.13. The molecule has 2 aromatic carbocycles. The van der Waals surface area contributed by atoms with Gasteiger partial charge >= 0.3 is 6.09 Å². The second-order valence-electron chi connectivity index (χ2n) is 7.05. The van der Waals surface area contributed by atoms with E-state index in [1.165, 1.54) is 0 Å². The molecule has 0 unspecified atom stereocenters. The third-order valence-electron chi connectivity index (χ3n) is 5.30. The fourth-order valence-electron chi connectivity index (χ4n) is 3.88. The maximum atomic E-state index is 11.6. The highest BCUT2D eigenvalue weighted by molar-refractivity contribution is 6.30. The Bertz CT molecular complexity index is 734. The number of hydrogen-bond acceptors (Lipinski definition) is 2. The summed E-state index contributed by atoms with van der Waals surface area (Å²) in [6, 6.07) is 15.9. The number of hydrogen-bond donors (Lipinski definition) is 1. The van der Waals surface area contributed by atoms with E-state index in [0.717, 1.165) is 17.5 Å². The molecule has 2 atom stereocenters. The molecule has 1 aliphatic heterocycles. The maximum Gasteiger partial charge on any atom is 0.407 e. The lowest BCUT2D eigenvalue weighted by atomic mass is 9.92. The average Bonchev–Trinajstić information content (AvgIpc) is 2.65. The molecule has 0 spiro atoms. The minimum Gasteiger partial charge on any atom is -0.465 e. The summed E-state index contributed by atoms with van der Waals surface area (Å²) >= 11 is 12.2. The molecule has 0 bridgehead atoms. The molecule has 6 heteroatoms. The van der Waals surface area contributed by atoms with Crippen LogP contribution in [0.1, 0.15) is 37.4 Å². The van der Waals surface area contributed by atoms with Gasteiger partial charge in [-0.3, -0.25) is 4.90 Å². The SMILES string of the molecule is CC[C@@H]1CN(C(=O)O)[C@@H](C)CN1C(c1ccc(Cl)cc1)c1ccc(Cl)cc1. The Kier molecular flexibility index (Phi) is 6.30. The number of halogens is 2. The van der Waals surface area contributed by atoms with Gasteiger partial charge in [0.1, 0.15) is 0 Å². The van der Waals surface area contributed by atoms with Crippen molar-refractivity contribution in [2.75, 3.05) is 13.1 Å². The van der Waals surface area contributed by atoms with Gasteiger partial charge in [-0.1, -0.05) is 54.4 Å². The molecule has 1 saturated heterocycles. The maximum absolute atomic E-state index is 11.6. The van der Waals surface area contributed by atoms with Crippen LogP contribution in [0.3, 0.4) is 0 Å². The lowest BCUT2D eigenvalue weighted by Gasteiger charge is -2.47. The largest absolute Gasteiger partial charge is 0.465 e. The van der Waals surface area contributed by atoms with Crippen LogP contribution in [-0.4, -0.2) is 46.2 Å². The molecule has 0 radical (unpaired) electrons. The van der Waals surface area contributed by atoms with E-state index in [1.54, 1.807) is 4.90 Å². The summed E-state index contributed by atoms with van der Waals surface area (Å²) in [7, 11) is 0. The van der Waals surface area contributed by atoms with Crippen LogP contribution in [-0.2, 0) is 0 Å². The van der Waals surface area contributed by atoms with Crippen molar-refractivity contribution in [3.05, 3.63) is 69.7 Å². The van der Waals surface area contributed by atoms with E-state index in [4.69, 9.17) is 23.2 Å². The number of carbonyl (C=O) groups is 1. The Morgan fingerprint density at radius 2 is 1.52 bits per heavy atom. The number of benzene rings is 2. The first-order valence-corrected chi connectivity index (χ1v) is 9.92. The van der Waals surface area contributed by atoms with Gasteiger partial charge in [-0.25, -0.2) is 4.79 Å². The molecule has 0 aromatic heterocycles. The van der Waals surface area contributed by atoms with Crippen LogP contribution in [0.25, 0.3) is 0 Å². The summed E-state index contributed by atoms with van der Waals surface area (Å²) in [5.41, 5.74) is 2.27. The van der Waals surface area contributed by atoms with Crippen molar-refractivity contribution in [2.24, 2.45) is 0 Å². The van der Waals surface area contributed by atoms with Crippen LogP contribution in [0.4, 0.5) is 4.79 Å². The number of carboxylic acid groups (broad SMARTS) is 1. The zero-order valence-electron chi connectivity index (χ0n) is 15.5. The van der Waals surface area contributed by atoms with Gasteiger partial charge in [-0.05, 0) is 48.7 Å². The Hall–Kier alpha value is -1.75. The summed E-state index contributed by atoms with van der Waals surface area (Å²) in [6.07, 6.45) is 0.0175. The van der Waals surface area contributed by atoms with E-state index < -0.39 is 6.09 Å². The smallest absolute Gasteiger partial charge is 0.407 e. The van der Waals surface area contributed by atoms with E-state index in [9.17, 15) is 9.90 Å². The normalized spacial score (nSPS) is 20.9. The predicted molar refractivity (Wildman–Crippen MR) is 110 cm³/mol. The first-order chi connectivity index (χ1) is 12.9. The van der Waals surface area contributed by atoms with Crippen molar-refractivity contribution in [1.82, 2.24) is 9.80 Å². The van der Waals surface area contributed by atoms with E-state index in [1.807, 2.05) is 55.5 Å². The Morgan fingerprint density at radius 1 is 1.04 bits per heavy atom. The monoisotopic (exact) mass is 406 g/mol. The number of rotatable bonds is 4. The predicted octanol–water partition coefficient (Wildman–Crippen LogP) is 5.55. The van der Waals surface area contributed by atoms with E-state index >= 15 is 0 Å². The number of nitrogens with zero attached hydrogens (tertiary/aromatic N) is 2. The van der Waals surface area contributed by atoms with Crippen molar-refractivity contribution >= 4 is 29.3 Å². The van der Waals surface area contributed by atoms with Crippen LogP contribution in [0.2, 0.25) is 10.0 Å². The molecule has 2 aromatic rings. The van der Waals surface area contributed by atoms with Crippen LogP contribution in [0.15, 0.2) is 48.5 Å². The molecule has 1 amide bonds. The Balaban J connectivity index is 2.02. The minimum absolute atomic E-state index is 0.0166. The third kappa shape index (κ3) is 4.40. The lowest BCUT2D eigenvalue weighted by Crippen LogP contribution is -2.59. The lowest BCUT2D eigenvalue weighted by molar-refractivity contribution is 0.0200. The zero-order chi connectivity index (χ0) is 19.6. The molecular formula is C21H24Cl2N2O2. The van der Waals surface area contributed by atoms with Crippen molar-refractivity contribution in [1.29, 1.82) is 0 Å². The van der Waals surface area contributed by atoms with Crippen molar-refractivity contribution in [3.8, 4) is 0 Å². The van der Waals surface area contributed by atoms with E-state index in [-0.39, 0.29) is 18.1 Å². The Labute approximate surface area is 170 Å². The number of piperazine rings is 1. The molecule has 1 heterocycles. The highest BCUT2D eigenvalue weighted by atomic mass is 35.5. The zero-order valence-corrected chi connectivity index (χ0v) is 17.0. The van der Waals surface area contributed by atoms with E-state index in [2.05, 4.69) is 11.8 Å². The molecule has 0 aliphatic carbocycles. The van der Waals surface area contributed by atoms with Gasteiger partial charge in [-0.15, -0.1) is 0 Å². The third-order valence-corrected chi connectivity index (χ3v) is 5.81. The van der Waals surface area contributed by atoms with Gasteiger partial charge in [0, 0.05) is 35.2 Å². The van der Waals surface area contributed by atoms with Gasteiger partial charge in [0.2, 0.25) is 0 Å². The topological polar surface area (TPSA) is 43.8 Å². The van der Waals surface area contributed by atoms with Crippen LogP contribution >= 0.6 is 23.2 Å². The highest BCUT2D eigenvalue weighted by Gasteiger charge is 2.37. The van der Waals surface area contributed by atoms with Crippen molar-refractivity contribution in [3.63, 3.8) is 0 Å².